The van der Waals surface area contributed by atoms with Crippen molar-refractivity contribution in [2.75, 3.05) is 39.8 Å². The summed E-state index contributed by atoms with van der Waals surface area (Å²) in [4.78, 5) is 17.9. The van der Waals surface area contributed by atoms with Crippen molar-refractivity contribution in [1.29, 1.82) is 0 Å². The Hall–Kier alpha value is -3.98. The van der Waals surface area contributed by atoms with E-state index in [0.29, 0.717) is 26.2 Å². The number of nitrogens with zero attached hydrogens (tertiary/aromatic N) is 3. The molecule has 7 nitrogen and oxygen atoms in total. The fraction of sp³-hybridized carbons (Fsp3) is 0.265. The van der Waals surface area contributed by atoms with Gasteiger partial charge in [0, 0.05) is 32.7 Å². The van der Waals surface area contributed by atoms with Crippen molar-refractivity contribution in [3.8, 4) is 5.75 Å². The van der Waals surface area contributed by atoms with Crippen LogP contribution in [0.25, 0.3) is 0 Å². The van der Waals surface area contributed by atoms with E-state index < -0.39 is 10.0 Å². The van der Waals surface area contributed by atoms with Crippen LogP contribution in [0.2, 0.25) is 0 Å². The van der Waals surface area contributed by atoms with Gasteiger partial charge in [-0.05, 0) is 41.3 Å². The van der Waals surface area contributed by atoms with Crippen molar-refractivity contribution < 1.29 is 17.9 Å². The molecule has 0 radical (unpaired) electrons. The number of ether oxygens (including phenoxy) is 1. The number of piperazine rings is 1. The molecule has 1 amide bonds. The number of rotatable bonds is 10. The third-order valence-electron chi connectivity index (χ3n) is 7.71. The number of carbonyl (C=O) groups excluding carboxylic acids is 1. The zero-order valence-corrected chi connectivity index (χ0v) is 24.9. The van der Waals surface area contributed by atoms with Crippen molar-refractivity contribution in [3.63, 3.8) is 0 Å². The predicted molar refractivity (Wildman–Crippen MR) is 165 cm³/mol. The Balaban J connectivity index is 1.35. The van der Waals surface area contributed by atoms with Gasteiger partial charge in [0.15, 0.2) is 0 Å². The van der Waals surface area contributed by atoms with Gasteiger partial charge in [-0.1, -0.05) is 97.1 Å². The fourth-order valence-corrected chi connectivity index (χ4v) is 7.12. The van der Waals surface area contributed by atoms with Crippen LogP contribution >= 0.6 is 0 Å². The molecule has 218 valence electrons. The minimum absolute atomic E-state index is 0.0621. The van der Waals surface area contributed by atoms with Crippen molar-refractivity contribution >= 4 is 15.9 Å². The van der Waals surface area contributed by atoms with E-state index in [1.807, 2.05) is 55.5 Å². The number of methoxy groups -OCH3 is 1. The largest absolute Gasteiger partial charge is 0.495 e. The maximum Gasteiger partial charge on any atom is 0.247 e. The minimum Gasteiger partial charge on any atom is -0.495 e. The van der Waals surface area contributed by atoms with E-state index in [2.05, 4.69) is 53.4 Å². The third kappa shape index (κ3) is 6.73. The van der Waals surface area contributed by atoms with Crippen LogP contribution in [0.4, 0.5) is 0 Å². The zero-order chi connectivity index (χ0) is 29.5. The molecule has 1 heterocycles. The van der Waals surface area contributed by atoms with Gasteiger partial charge in [-0.25, -0.2) is 8.42 Å². The molecular weight excluding hydrogens is 546 g/mol. The summed E-state index contributed by atoms with van der Waals surface area (Å²) in [6.45, 7) is 4.05. The number of carbonyl (C=O) groups is 1. The number of hydrogen-bond donors (Lipinski definition) is 0. The highest BCUT2D eigenvalue weighted by atomic mass is 32.2. The van der Waals surface area contributed by atoms with Crippen molar-refractivity contribution in [3.05, 3.63) is 131 Å². The average Bonchev–Trinajstić information content (AvgIpc) is 3.02. The van der Waals surface area contributed by atoms with Gasteiger partial charge in [0.05, 0.1) is 19.7 Å². The van der Waals surface area contributed by atoms with Crippen LogP contribution < -0.4 is 4.74 Å². The van der Waals surface area contributed by atoms with Crippen LogP contribution in [0.3, 0.4) is 0 Å². The van der Waals surface area contributed by atoms with E-state index in [4.69, 9.17) is 4.74 Å². The minimum atomic E-state index is -4.04. The third-order valence-corrected chi connectivity index (χ3v) is 9.53. The van der Waals surface area contributed by atoms with Gasteiger partial charge < -0.3 is 9.64 Å². The molecule has 0 spiro atoms. The Morgan fingerprint density at radius 1 is 0.810 bits per heavy atom. The molecule has 1 saturated heterocycles. The molecule has 0 aliphatic carbocycles. The summed E-state index contributed by atoms with van der Waals surface area (Å²) >= 11 is 0. The second-order valence-corrected chi connectivity index (χ2v) is 12.5. The van der Waals surface area contributed by atoms with Gasteiger partial charge >= 0.3 is 0 Å². The Morgan fingerprint density at radius 3 is 1.90 bits per heavy atom. The highest BCUT2D eigenvalue weighted by Gasteiger charge is 2.33. The van der Waals surface area contributed by atoms with Crippen LogP contribution in [0.5, 0.6) is 5.75 Å². The first kappa shape index (κ1) is 29.5. The number of hydrogen-bond acceptors (Lipinski definition) is 5. The van der Waals surface area contributed by atoms with Gasteiger partial charge in [-0.15, -0.1) is 0 Å². The van der Waals surface area contributed by atoms with Crippen LogP contribution in [0.1, 0.15) is 28.3 Å². The highest BCUT2D eigenvalue weighted by Crippen LogP contribution is 2.31. The SMILES string of the molecule is COc1ccc(C)cc1S(=O)(=O)N(CC(=O)N1CCN(C(c2ccccc2)c2ccccc2)CC1)Cc1ccccc1. The summed E-state index contributed by atoms with van der Waals surface area (Å²) in [6, 6.07) is 35.3. The Labute approximate surface area is 249 Å². The van der Waals surface area contributed by atoms with Gasteiger partial charge in [0.25, 0.3) is 0 Å². The van der Waals surface area contributed by atoms with Crippen LogP contribution in [0, 0.1) is 6.92 Å². The highest BCUT2D eigenvalue weighted by molar-refractivity contribution is 7.89. The van der Waals surface area contributed by atoms with Crippen molar-refractivity contribution in [2.24, 2.45) is 0 Å². The monoisotopic (exact) mass is 583 g/mol. The Morgan fingerprint density at radius 2 is 1.36 bits per heavy atom. The maximum absolute atomic E-state index is 14.0. The molecule has 0 aromatic heterocycles. The molecule has 1 fully saturated rings. The molecule has 42 heavy (non-hydrogen) atoms. The Bertz CT molecular complexity index is 1530. The van der Waals surface area contributed by atoms with Crippen molar-refractivity contribution in [1.82, 2.24) is 14.1 Å². The summed E-state index contributed by atoms with van der Waals surface area (Å²) in [5, 5.41) is 0. The predicted octanol–water partition coefficient (Wildman–Crippen LogP) is 5.13. The molecule has 8 heteroatoms. The molecule has 0 saturated carbocycles. The quantitative estimate of drug-likeness (QED) is 0.259. The smallest absolute Gasteiger partial charge is 0.247 e. The van der Waals surface area contributed by atoms with Gasteiger partial charge in [0.1, 0.15) is 10.6 Å². The molecule has 5 rings (SSSR count). The average molecular weight is 584 g/mol. The normalized spacial score (nSPS) is 14.3. The zero-order valence-electron chi connectivity index (χ0n) is 24.1. The number of aryl methyl sites for hydroxylation is 1. The van der Waals surface area contributed by atoms with E-state index in [0.717, 1.165) is 11.1 Å². The van der Waals surface area contributed by atoms with Crippen molar-refractivity contribution in [2.45, 2.75) is 24.4 Å². The molecule has 0 atom stereocenters. The van der Waals surface area contributed by atoms with Crippen LogP contribution in [-0.2, 0) is 21.4 Å². The first-order valence-electron chi connectivity index (χ1n) is 14.2. The first-order valence-corrected chi connectivity index (χ1v) is 15.6. The second-order valence-electron chi connectivity index (χ2n) is 10.6. The molecule has 4 aromatic carbocycles. The lowest BCUT2D eigenvalue weighted by molar-refractivity contribution is -0.133. The number of sulfonamides is 1. The lowest BCUT2D eigenvalue weighted by Gasteiger charge is -2.40. The van der Waals surface area contributed by atoms with E-state index in [-0.39, 0.29) is 35.7 Å². The molecule has 1 aliphatic heterocycles. The summed E-state index contributed by atoms with van der Waals surface area (Å²) in [5.41, 5.74) is 4.01. The second kappa shape index (κ2) is 13.3. The molecule has 0 unspecified atom stereocenters. The molecule has 0 N–H and O–H groups in total. The van der Waals surface area contributed by atoms with Gasteiger partial charge in [0.2, 0.25) is 15.9 Å². The molecular formula is C34H37N3O4S. The van der Waals surface area contributed by atoms with E-state index in [1.165, 1.54) is 22.5 Å². The van der Waals surface area contributed by atoms with E-state index in [9.17, 15) is 13.2 Å². The van der Waals surface area contributed by atoms with E-state index >= 15 is 0 Å². The first-order chi connectivity index (χ1) is 20.4. The maximum atomic E-state index is 14.0. The molecule has 0 bridgehead atoms. The standard InChI is InChI=1S/C34H37N3O4S/c1-27-18-19-31(41-2)32(24-27)42(39,40)37(25-28-12-6-3-7-13-28)26-33(38)35-20-22-36(23-21-35)34(29-14-8-4-9-15-29)30-16-10-5-11-17-30/h3-19,24,34H,20-23,25-26H2,1-2H3. The summed E-state index contributed by atoms with van der Waals surface area (Å²) in [5.74, 6) is 0.0457. The topological polar surface area (TPSA) is 70.2 Å². The number of benzene rings is 4. The lowest BCUT2D eigenvalue weighted by Crippen LogP contribution is -2.52. The van der Waals surface area contributed by atoms with Gasteiger partial charge in [-0.3, -0.25) is 9.69 Å². The lowest BCUT2D eigenvalue weighted by atomic mass is 9.96. The summed E-state index contributed by atoms with van der Waals surface area (Å²) in [6.07, 6.45) is 0. The van der Waals surface area contributed by atoms with E-state index in [1.54, 1.807) is 17.0 Å². The fourth-order valence-electron chi connectivity index (χ4n) is 5.50. The summed E-state index contributed by atoms with van der Waals surface area (Å²) in [7, 11) is -2.59. The Kier molecular flexibility index (Phi) is 9.37. The van der Waals surface area contributed by atoms with Crippen LogP contribution in [0.15, 0.2) is 114 Å². The van der Waals surface area contributed by atoms with Crippen LogP contribution in [-0.4, -0.2) is 68.3 Å². The molecule has 1 aliphatic rings. The summed E-state index contributed by atoms with van der Waals surface area (Å²) < 4.78 is 34.7. The van der Waals surface area contributed by atoms with Gasteiger partial charge in [-0.2, -0.15) is 4.31 Å². The molecule has 4 aromatic rings. The number of amides is 1.